The Kier molecular flexibility index (Phi) is 2.11. The first-order chi connectivity index (χ1) is 7.15. The Bertz CT molecular complexity index is 532. The molecule has 1 heterocycles. The van der Waals surface area contributed by atoms with Crippen LogP contribution in [0, 0.1) is 17.0 Å². The molecule has 6 nitrogen and oxygen atoms in total. The second-order valence-corrected chi connectivity index (χ2v) is 3.31. The van der Waals surface area contributed by atoms with Crippen LogP contribution in [-0.4, -0.2) is 20.3 Å². The second-order valence-electron chi connectivity index (χ2n) is 3.31. The Morgan fingerprint density at radius 2 is 2.13 bits per heavy atom. The van der Waals surface area contributed by atoms with Crippen LogP contribution in [0.3, 0.4) is 0 Å². The maximum Gasteiger partial charge on any atom is 0.274 e. The van der Waals surface area contributed by atoms with E-state index in [1.165, 1.54) is 0 Å². The number of benzene rings is 1. The van der Waals surface area contributed by atoms with Gasteiger partial charge < -0.3 is 0 Å². The molecule has 0 atom stereocenters. The van der Waals surface area contributed by atoms with Gasteiger partial charge >= 0.3 is 0 Å². The van der Waals surface area contributed by atoms with Crippen LogP contribution >= 0.6 is 0 Å². The minimum atomic E-state index is -0.386. The zero-order valence-electron chi connectivity index (χ0n) is 8.44. The molecule has 0 spiro atoms. The summed E-state index contributed by atoms with van der Waals surface area (Å²) in [5.74, 6) is 0. The van der Waals surface area contributed by atoms with Crippen molar-refractivity contribution >= 4 is 16.7 Å². The average molecular weight is 206 g/mol. The average Bonchev–Trinajstić information content (AvgIpc) is 2.67. The molecule has 15 heavy (non-hydrogen) atoms. The molecule has 1 aromatic heterocycles. The number of nitro groups is 1. The molecular weight excluding hydrogens is 196 g/mol. The Labute approximate surface area is 85.4 Å². The van der Waals surface area contributed by atoms with E-state index in [1.807, 2.05) is 6.92 Å². The van der Waals surface area contributed by atoms with Gasteiger partial charge in [-0.05, 0) is 18.9 Å². The number of aryl methyl sites for hydroxylation is 2. The zero-order chi connectivity index (χ0) is 11.0. The number of H-pyrrole nitrogens is 1. The molecule has 0 radical (unpaired) electrons. The molecule has 0 saturated heterocycles. The normalized spacial score (nSPS) is 10.8. The van der Waals surface area contributed by atoms with E-state index in [0.29, 0.717) is 17.5 Å². The van der Waals surface area contributed by atoms with Gasteiger partial charge in [0.2, 0.25) is 0 Å². The van der Waals surface area contributed by atoms with Crippen LogP contribution in [-0.2, 0) is 6.42 Å². The predicted octanol–water partition coefficient (Wildman–Crippen LogP) is 1.74. The first-order valence-corrected chi connectivity index (χ1v) is 4.62. The Hall–Kier alpha value is -1.98. The number of nitrogens with zero attached hydrogens (tertiary/aromatic N) is 3. The maximum absolute atomic E-state index is 10.8. The van der Waals surface area contributed by atoms with E-state index in [4.69, 9.17) is 0 Å². The summed E-state index contributed by atoms with van der Waals surface area (Å²) >= 11 is 0. The number of aromatic nitrogens is 3. The minimum absolute atomic E-state index is 0.105. The highest BCUT2D eigenvalue weighted by Gasteiger charge is 2.18. The number of hydrogen-bond donors (Lipinski definition) is 1. The fourth-order valence-corrected chi connectivity index (χ4v) is 1.64. The van der Waals surface area contributed by atoms with E-state index >= 15 is 0 Å². The van der Waals surface area contributed by atoms with Crippen molar-refractivity contribution in [1.29, 1.82) is 0 Å². The van der Waals surface area contributed by atoms with Gasteiger partial charge in [0.1, 0.15) is 11.0 Å². The van der Waals surface area contributed by atoms with E-state index in [-0.39, 0.29) is 10.6 Å². The summed E-state index contributed by atoms with van der Waals surface area (Å²) < 4.78 is 0. The topological polar surface area (TPSA) is 84.7 Å². The molecule has 2 aromatic rings. The van der Waals surface area contributed by atoms with E-state index in [2.05, 4.69) is 15.4 Å². The number of nitrogens with one attached hydrogen (secondary N) is 1. The van der Waals surface area contributed by atoms with Gasteiger partial charge in [-0.1, -0.05) is 6.92 Å². The molecule has 0 unspecified atom stereocenters. The quantitative estimate of drug-likeness (QED) is 0.599. The standard InChI is InChI=1S/C9H10N4O2/c1-3-6-4-7(13(14)15)5(2)8-9(6)11-12-10-8/h4H,3H2,1-2H3,(H,10,11,12). The Morgan fingerprint density at radius 3 is 2.73 bits per heavy atom. The van der Waals surface area contributed by atoms with E-state index in [1.54, 1.807) is 13.0 Å². The van der Waals surface area contributed by atoms with E-state index in [0.717, 1.165) is 11.1 Å². The van der Waals surface area contributed by atoms with Gasteiger partial charge in [0.15, 0.2) is 0 Å². The molecule has 0 aliphatic carbocycles. The van der Waals surface area contributed by atoms with Gasteiger partial charge in [-0.15, -0.1) is 0 Å². The third-order valence-electron chi connectivity index (χ3n) is 2.48. The summed E-state index contributed by atoms with van der Waals surface area (Å²) in [6.45, 7) is 3.62. The highest BCUT2D eigenvalue weighted by atomic mass is 16.6. The molecule has 0 aliphatic heterocycles. The van der Waals surface area contributed by atoms with Crippen LogP contribution in [0.25, 0.3) is 11.0 Å². The molecule has 0 fully saturated rings. The second kappa shape index (κ2) is 3.30. The van der Waals surface area contributed by atoms with Crippen molar-refractivity contribution in [3.05, 3.63) is 27.3 Å². The van der Waals surface area contributed by atoms with Gasteiger partial charge in [-0.25, -0.2) is 0 Å². The van der Waals surface area contributed by atoms with Crippen molar-refractivity contribution in [3.8, 4) is 0 Å². The lowest BCUT2D eigenvalue weighted by molar-refractivity contribution is -0.385. The van der Waals surface area contributed by atoms with Gasteiger partial charge in [0, 0.05) is 6.07 Å². The monoisotopic (exact) mass is 206 g/mol. The third kappa shape index (κ3) is 1.34. The van der Waals surface area contributed by atoms with Crippen molar-refractivity contribution in [1.82, 2.24) is 15.4 Å². The third-order valence-corrected chi connectivity index (χ3v) is 2.48. The van der Waals surface area contributed by atoms with Gasteiger partial charge in [0.05, 0.1) is 10.5 Å². The summed E-state index contributed by atoms with van der Waals surface area (Å²) in [4.78, 5) is 10.4. The molecule has 0 amide bonds. The van der Waals surface area contributed by atoms with Gasteiger partial charge in [-0.2, -0.15) is 15.4 Å². The van der Waals surface area contributed by atoms with Crippen LogP contribution in [0.5, 0.6) is 0 Å². The highest BCUT2D eigenvalue weighted by Crippen LogP contribution is 2.27. The fraction of sp³-hybridized carbons (Fsp3) is 0.333. The number of hydrogen-bond acceptors (Lipinski definition) is 4. The molecule has 1 N–H and O–H groups in total. The Morgan fingerprint density at radius 1 is 1.47 bits per heavy atom. The van der Waals surface area contributed by atoms with Gasteiger partial charge in [0.25, 0.3) is 5.69 Å². The zero-order valence-corrected chi connectivity index (χ0v) is 8.44. The van der Waals surface area contributed by atoms with Crippen LogP contribution in [0.15, 0.2) is 6.07 Å². The summed E-state index contributed by atoms with van der Waals surface area (Å²) in [6.07, 6.45) is 0.699. The molecule has 0 bridgehead atoms. The number of fused-ring (bicyclic) bond motifs is 1. The summed E-state index contributed by atoms with van der Waals surface area (Å²) in [6, 6.07) is 1.57. The predicted molar refractivity (Wildman–Crippen MR) is 54.7 cm³/mol. The fourth-order valence-electron chi connectivity index (χ4n) is 1.64. The molecule has 78 valence electrons. The number of aromatic amines is 1. The Balaban J connectivity index is 2.84. The van der Waals surface area contributed by atoms with Crippen molar-refractivity contribution in [3.63, 3.8) is 0 Å². The smallest absolute Gasteiger partial charge is 0.258 e. The summed E-state index contributed by atoms with van der Waals surface area (Å²) in [5, 5.41) is 21.2. The molecular formula is C9H10N4O2. The highest BCUT2D eigenvalue weighted by molar-refractivity contribution is 5.84. The molecule has 0 saturated carbocycles. The van der Waals surface area contributed by atoms with Crippen LogP contribution in [0.4, 0.5) is 5.69 Å². The number of nitro benzene ring substituents is 1. The lowest BCUT2D eigenvalue weighted by Crippen LogP contribution is -1.95. The number of rotatable bonds is 2. The first-order valence-electron chi connectivity index (χ1n) is 4.62. The SMILES string of the molecule is CCc1cc([N+](=O)[O-])c(C)c2n[nH]nc12. The van der Waals surface area contributed by atoms with Crippen molar-refractivity contribution in [2.45, 2.75) is 20.3 Å². The lowest BCUT2D eigenvalue weighted by atomic mass is 10.1. The van der Waals surface area contributed by atoms with E-state index < -0.39 is 0 Å². The summed E-state index contributed by atoms with van der Waals surface area (Å²) in [5.41, 5.74) is 2.81. The van der Waals surface area contributed by atoms with Crippen molar-refractivity contribution < 1.29 is 4.92 Å². The van der Waals surface area contributed by atoms with Crippen molar-refractivity contribution in [2.75, 3.05) is 0 Å². The van der Waals surface area contributed by atoms with Gasteiger partial charge in [-0.3, -0.25) is 10.1 Å². The summed E-state index contributed by atoms with van der Waals surface area (Å²) in [7, 11) is 0. The maximum atomic E-state index is 10.8. The first kappa shape index (κ1) is 9.57. The molecule has 6 heteroatoms. The molecule has 2 rings (SSSR count). The van der Waals surface area contributed by atoms with Crippen LogP contribution < -0.4 is 0 Å². The van der Waals surface area contributed by atoms with Crippen LogP contribution in [0.1, 0.15) is 18.1 Å². The largest absolute Gasteiger partial charge is 0.274 e. The molecule has 0 aliphatic rings. The lowest BCUT2D eigenvalue weighted by Gasteiger charge is -2.01. The molecule has 1 aromatic carbocycles. The van der Waals surface area contributed by atoms with Crippen LogP contribution in [0.2, 0.25) is 0 Å². The minimum Gasteiger partial charge on any atom is -0.258 e. The van der Waals surface area contributed by atoms with E-state index in [9.17, 15) is 10.1 Å². The van der Waals surface area contributed by atoms with Crippen molar-refractivity contribution in [2.24, 2.45) is 0 Å².